The second-order valence-corrected chi connectivity index (χ2v) is 3.25. The maximum Gasteiger partial charge on any atom is 0.335 e. The average Bonchev–Trinajstić information content (AvgIpc) is 2.18. The summed E-state index contributed by atoms with van der Waals surface area (Å²) in [5, 5.41) is 17.4. The molecule has 0 saturated carbocycles. The molecule has 1 aromatic rings. The summed E-state index contributed by atoms with van der Waals surface area (Å²) < 4.78 is 10.2. The van der Waals surface area contributed by atoms with Crippen LogP contribution in [0.4, 0.5) is 0 Å². The molecule has 0 heterocycles. The molecule has 0 fully saturated rings. The van der Waals surface area contributed by atoms with Gasteiger partial charge >= 0.3 is 5.97 Å². The van der Waals surface area contributed by atoms with Crippen molar-refractivity contribution in [3.05, 3.63) is 35.4 Å². The van der Waals surface area contributed by atoms with Gasteiger partial charge < -0.3 is 10.2 Å². The number of hydrogen-bond donors (Lipinski definition) is 2. The summed E-state index contributed by atoms with van der Waals surface area (Å²) in [6.07, 6.45) is -0.0311. The van der Waals surface area contributed by atoms with Gasteiger partial charge in [-0.1, -0.05) is 18.2 Å². The molecule has 0 saturated heterocycles. The van der Waals surface area contributed by atoms with Gasteiger partial charge in [0.1, 0.15) is 16.3 Å². The standard InChI is InChI=1S/C9H8O4S/c10-8(14-13)5-6-3-1-2-4-7(6)9(11)12/h1-4,10H,5H2,(H,11,12). The molecule has 1 aromatic carbocycles. The molecule has 0 amide bonds. The first-order valence-electron chi connectivity index (χ1n) is 3.81. The van der Waals surface area contributed by atoms with Crippen LogP contribution < -0.4 is 0 Å². The van der Waals surface area contributed by atoms with E-state index in [0.29, 0.717) is 5.56 Å². The number of carbonyl (C=O) groups is 1. The Morgan fingerprint density at radius 2 is 1.93 bits per heavy atom. The van der Waals surface area contributed by atoms with E-state index >= 15 is 0 Å². The Kier molecular flexibility index (Phi) is 3.55. The number of aliphatic hydroxyl groups excluding tert-OH is 1. The molecule has 0 aromatic heterocycles. The minimum absolute atomic E-state index is 0.0307. The van der Waals surface area contributed by atoms with Crippen LogP contribution in [0.15, 0.2) is 24.3 Å². The highest BCUT2D eigenvalue weighted by molar-refractivity contribution is 7.66. The summed E-state index contributed by atoms with van der Waals surface area (Å²) in [6, 6.07) is 6.25. The van der Waals surface area contributed by atoms with E-state index in [-0.39, 0.29) is 28.3 Å². The molecule has 0 atom stereocenters. The van der Waals surface area contributed by atoms with Crippen LogP contribution in [0.1, 0.15) is 15.9 Å². The Morgan fingerprint density at radius 1 is 1.29 bits per heavy atom. The van der Waals surface area contributed by atoms with Gasteiger partial charge in [-0.2, -0.15) is 0 Å². The molecule has 4 nitrogen and oxygen atoms in total. The smallest absolute Gasteiger partial charge is 0.335 e. The highest BCUT2D eigenvalue weighted by Gasteiger charge is 2.09. The number of hydrogen-bond acceptors (Lipinski definition) is 2. The van der Waals surface area contributed by atoms with Gasteiger partial charge in [-0.25, -0.2) is 9.00 Å². The third-order valence-electron chi connectivity index (χ3n) is 1.69. The summed E-state index contributed by atoms with van der Waals surface area (Å²) in [5.41, 5.74) is 0.536. The van der Waals surface area contributed by atoms with E-state index in [1.54, 1.807) is 18.2 Å². The van der Waals surface area contributed by atoms with Crippen LogP contribution in [-0.4, -0.2) is 25.4 Å². The van der Waals surface area contributed by atoms with Crippen molar-refractivity contribution < 1.29 is 19.2 Å². The number of rotatable bonds is 3. The van der Waals surface area contributed by atoms with E-state index in [0.717, 1.165) is 0 Å². The largest absolute Gasteiger partial charge is 0.478 e. The van der Waals surface area contributed by atoms with Gasteiger partial charge in [-0.3, -0.25) is 0 Å². The van der Waals surface area contributed by atoms with Crippen molar-refractivity contribution in [1.82, 2.24) is 0 Å². The summed E-state index contributed by atoms with van der Waals surface area (Å²) in [7, 11) is 0. The van der Waals surface area contributed by atoms with Gasteiger partial charge in [0.25, 0.3) is 0 Å². The van der Waals surface area contributed by atoms with E-state index in [1.807, 2.05) is 0 Å². The molecule has 0 aliphatic rings. The van der Waals surface area contributed by atoms with E-state index in [1.165, 1.54) is 6.07 Å². The number of benzene rings is 1. The van der Waals surface area contributed by atoms with Crippen LogP contribution in [0.25, 0.3) is 0 Å². The first-order chi connectivity index (χ1) is 6.65. The second-order valence-electron chi connectivity index (χ2n) is 2.62. The summed E-state index contributed by atoms with van der Waals surface area (Å²) in [5.74, 6) is -1.07. The van der Waals surface area contributed by atoms with E-state index in [2.05, 4.69) is 0 Å². The third kappa shape index (κ3) is 2.51. The number of aromatic carboxylic acids is 1. The zero-order valence-corrected chi connectivity index (χ0v) is 7.95. The summed E-state index contributed by atoms with van der Waals surface area (Å²) >= 11 is -0.0307. The molecule has 0 aliphatic carbocycles. The molecular formula is C9H8O4S. The lowest BCUT2D eigenvalue weighted by molar-refractivity contribution is 0.0696. The zero-order chi connectivity index (χ0) is 10.6. The fraction of sp³-hybridized carbons (Fsp3) is 0.111. The molecule has 2 N–H and O–H groups in total. The maximum absolute atomic E-state index is 10.7. The summed E-state index contributed by atoms with van der Waals surface area (Å²) in [6.45, 7) is 0. The van der Waals surface area contributed by atoms with Crippen LogP contribution in [0.3, 0.4) is 0 Å². The van der Waals surface area contributed by atoms with Gasteiger partial charge in [-0.05, 0) is 11.6 Å². The van der Waals surface area contributed by atoms with Gasteiger partial charge in [0.2, 0.25) is 0 Å². The first kappa shape index (κ1) is 10.6. The molecular weight excluding hydrogens is 204 g/mol. The van der Waals surface area contributed by atoms with E-state index < -0.39 is 5.97 Å². The predicted molar refractivity (Wildman–Crippen MR) is 52.9 cm³/mol. The quantitative estimate of drug-likeness (QED) is 0.728. The predicted octanol–water partition coefficient (Wildman–Crippen LogP) is 0.828. The van der Waals surface area contributed by atoms with Gasteiger partial charge in [0, 0.05) is 6.42 Å². The Bertz CT molecular complexity index is 407. The molecule has 74 valence electrons. The van der Waals surface area contributed by atoms with E-state index in [9.17, 15) is 9.00 Å². The monoisotopic (exact) mass is 212 g/mol. The topological polar surface area (TPSA) is 74.6 Å². The Balaban J connectivity index is 3.07. The molecule has 0 aliphatic heterocycles. The average molecular weight is 212 g/mol. The SMILES string of the molecule is O=S=C(O)Cc1ccccc1C(=O)O. The third-order valence-corrected chi connectivity index (χ3v) is 2.02. The normalized spacial score (nSPS) is 9.50. The minimum Gasteiger partial charge on any atom is -0.478 e. The molecule has 1 rings (SSSR count). The highest BCUT2D eigenvalue weighted by Crippen LogP contribution is 2.09. The lowest BCUT2D eigenvalue weighted by Crippen LogP contribution is -2.07. The van der Waals surface area contributed by atoms with Crippen LogP contribution >= 0.6 is 0 Å². The van der Waals surface area contributed by atoms with Crippen LogP contribution in [0, 0.1) is 0 Å². The van der Waals surface area contributed by atoms with Crippen molar-refractivity contribution in [2.75, 3.05) is 0 Å². The molecule has 0 spiro atoms. The van der Waals surface area contributed by atoms with Crippen molar-refractivity contribution in [3.8, 4) is 0 Å². The fourth-order valence-corrected chi connectivity index (χ4v) is 1.29. The molecule has 0 unspecified atom stereocenters. The van der Waals surface area contributed by atoms with E-state index in [4.69, 9.17) is 10.2 Å². The summed E-state index contributed by atoms with van der Waals surface area (Å²) in [4.78, 5) is 10.7. The Hall–Kier alpha value is -1.46. The second kappa shape index (κ2) is 4.69. The van der Waals surface area contributed by atoms with Crippen LogP contribution in [0.5, 0.6) is 0 Å². The molecule has 0 radical (unpaired) electrons. The molecule has 0 bridgehead atoms. The van der Waals surface area contributed by atoms with Crippen LogP contribution in [-0.2, 0) is 17.7 Å². The van der Waals surface area contributed by atoms with Crippen LogP contribution in [0.2, 0.25) is 0 Å². The van der Waals surface area contributed by atoms with Gasteiger partial charge in [0.05, 0.1) is 5.56 Å². The van der Waals surface area contributed by atoms with Crippen molar-refractivity contribution in [1.29, 1.82) is 0 Å². The Labute approximate surface area is 83.9 Å². The minimum atomic E-state index is -1.07. The fourth-order valence-electron chi connectivity index (χ4n) is 1.08. The number of aliphatic hydroxyl groups is 1. The lowest BCUT2D eigenvalue weighted by Gasteiger charge is -2.02. The van der Waals surface area contributed by atoms with Gasteiger partial charge in [-0.15, -0.1) is 0 Å². The Morgan fingerprint density at radius 3 is 2.50 bits per heavy atom. The van der Waals surface area contributed by atoms with Crippen molar-refractivity contribution in [3.63, 3.8) is 0 Å². The molecule has 5 heteroatoms. The molecule has 14 heavy (non-hydrogen) atoms. The number of carboxylic acids is 1. The number of carboxylic acid groups (broad SMARTS) is 1. The van der Waals surface area contributed by atoms with Crippen molar-refractivity contribution in [2.24, 2.45) is 0 Å². The zero-order valence-electron chi connectivity index (χ0n) is 7.14. The lowest BCUT2D eigenvalue weighted by atomic mass is 10.1. The van der Waals surface area contributed by atoms with Crippen molar-refractivity contribution in [2.45, 2.75) is 6.42 Å². The highest BCUT2D eigenvalue weighted by atomic mass is 32.1. The van der Waals surface area contributed by atoms with Crippen molar-refractivity contribution >= 4 is 22.3 Å². The first-order valence-corrected chi connectivity index (χ1v) is 4.55. The maximum atomic E-state index is 10.7. The van der Waals surface area contributed by atoms with Gasteiger partial charge in [0.15, 0.2) is 0 Å².